The number of carboxylic acids is 1. The van der Waals surface area contributed by atoms with E-state index in [0.717, 1.165) is 32.1 Å². The van der Waals surface area contributed by atoms with E-state index in [0.29, 0.717) is 0 Å². The number of alkyl carbamates (subject to hydrolysis) is 1. The van der Waals surface area contributed by atoms with E-state index in [1.807, 2.05) is 20.8 Å². The van der Waals surface area contributed by atoms with Crippen molar-refractivity contribution in [3.05, 3.63) is 0 Å². The van der Waals surface area contributed by atoms with Gasteiger partial charge in [0.1, 0.15) is 5.60 Å². The summed E-state index contributed by atoms with van der Waals surface area (Å²) >= 11 is 0. The first-order valence-electron chi connectivity index (χ1n) is 7.43. The van der Waals surface area contributed by atoms with E-state index < -0.39 is 17.7 Å². The van der Waals surface area contributed by atoms with Crippen LogP contribution in [-0.2, 0) is 9.53 Å². The summed E-state index contributed by atoms with van der Waals surface area (Å²) in [6.45, 7) is 5.50. The van der Waals surface area contributed by atoms with Crippen molar-refractivity contribution < 1.29 is 19.4 Å². The fourth-order valence-electron chi connectivity index (χ4n) is 4.59. The molecule has 5 nitrogen and oxygen atoms in total. The van der Waals surface area contributed by atoms with Crippen molar-refractivity contribution in [2.24, 2.45) is 16.7 Å². The highest BCUT2D eigenvalue weighted by atomic mass is 16.6. The molecule has 2 N–H and O–H groups in total. The molecule has 1 atom stereocenters. The minimum Gasteiger partial charge on any atom is -0.481 e. The van der Waals surface area contributed by atoms with Crippen LogP contribution < -0.4 is 5.32 Å². The average molecular weight is 281 g/mol. The molecule has 3 saturated carbocycles. The molecule has 0 aromatic carbocycles. The Morgan fingerprint density at radius 3 is 2.15 bits per heavy atom. The molecule has 0 saturated heterocycles. The van der Waals surface area contributed by atoms with Crippen LogP contribution in [0.2, 0.25) is 0 Å². The number of nitrogens with one attached hydrogen (secondary N) is 1. The van der Waals surface area contributed by atoms with Crippen molar-refractivity contribution in [3.63, 3.8) is 0 Å². The Hall–Kier alpha value is -1.26. The monoisotopic (exact) mass is 281 g/mol. The zero-order valence-corrected chi connectivity index (χ0v) is 12.4. The van der Waals surface area contributed by atoms with Gasteiger partial charge in [-0.2, -0.15) is 0 Å². The van der Waals surface area contributed by atoms with Crippen LogP contribution in [-0.4, -0.2) is 28.8 Å². The van der Waals surface area contributed by atoms with Crippen molar-refractivity contribution in [2.75, 3.05) is 0 Å². The van der Waals surface area contributed by atoms with E-state index in [2.05, 4.69) is 5.32 Å². The number of carboxylic acid groups (broad SMARTS) is 1. The highest BCUT2D eigenvalue weighted by molar-refractivity contribution is 5.79. The molecule has 5 heteroatoms. The predicted octanol–water partition coefficient (Wildman–Crippen LogP) is 2.54. The van der Waals surface area contributed by atoms with Crippen molar-refractivity contribution in [3.8, 4) is 0 Å². The molecule has 0 aromatic rings. The summed E-state index contributed by atoms with van der Waals surface area (Å²) in [6.07, 6.45) is 4.43. The molecule has 112 valence electrons. The van der Waals surface area contributed by atoms with Crippen molar-refractivity contribution in [2.45, 2.75) is 64.5 Å². The second kappa shape index (κ2) is 3.89. The number of carbonyl (C=O) groups excluding carboxylic acids is 1. The number of carbonyl (C=O) groups is 2. The first-order chi connectivity index (χ1) is 9.20. The molecule has 0 aliphatic heterocycles. The Morgan fingerprint density at radius 1 is 1.20 bits per heavy atom. The highest BCUT2D eigenvalue weighted by Crippen LogP contribution is 2.84. The number of amides is 1. The van der Waals surface area contributed by atoms with Crippen LogP contribution in [0.1, 0.15) is 52.9 Å². The number of hydrogen-bond donors (Lipinski definition) is 2. The Bertz CT molecular complexity index is 455. The maximum Gasteiger partial charge on any atom is 0.407 e. The first-order valence-corrected chi connectivity index (χ1v) is 7.43. The van der Waals surface area contributed by atoms with Crippen molar-refractivity contribution >= 4 is 12.1 Å². The lowest BCUT2D eigenvalue weighted by molar-refractivity contribution is -0.140. The third-order valence-corrected chi connectivity index (χ3v) is 5.45. The van der Waals surface area contributed by atoms with E-state index in [4.69, 9.17) is 4.74 Å². The number of aliphatic carboxylic acids is 1. The number of ether oxygens (including phenoxy) is 1. The van der Waals surface area contributed by atoms with Gasteiger partial charge in [0.25, 0.3) is 0 Å². The van der Waals surface area contributed by atoms with Gasteiger partial charge in [-0.1, -0.05) is 6.42 Å². The van der Waals surface area contributed by atoms with Crippen molar-refractivity contribution in [1.29, 1.82) is 0 Å². The molecule has 0 aromatic heterocycles. The van der Waals surface area contributed by atoms with Gasteiger partial charge in [0.2, 0.25) is 0 Å². The van der Waals surface area contributed by atoms with Gasteiger partial charge in [-0.3, -0.25) is 4.79 Å². The zero-order valence-electron chi connectivity index (χ0n) is 12.4. The van der Waals surface area contributed by atoms with Gasteiger partial charge in [-0.15, -0.1) is 0 Å². The standard InChI is InChI=1S/C15H23NO4/c1-13(2,3)20-12(19)16-9-7-15(8-9)10(11(17)18)14(15)5-4-6-14/h9-10H,4-8H2,1-3H3,(H,16,19)(H,17,18). The molecule has 3 aliphatic rings. The quantitative estimate of drug-likeness (QED) is 0.815. The average Bonchev–Trinajstić information content (AvgIpc) is 2.77. The van der Waals surface area contributed by atoms with E-state index in [-0.39, 0.29) is 22.8 Å². The molecular formula is C15H23NO4. The SMILES string of the molecule is CC(C)(C)OC(=O)NC1CC2(C1)C(C(=O)O)C21CCC1. The van der Waals surface area contributed by atoms with Gasteiger partial charge in [0, 0.05) is 6.04 Å². The topological polar surface area (TPSA) is 75.6 Å². The molecule has 1 unspecified atom stereocenters. The summed E-state index contributed by atoms with van der Waals surface area (Å²) in [7, 11) is 0. The lowest BCUT2D eigenvalue weighted by atomic mass is 9.65. The fourth-order valence-corrected chi connectivity index (χ4v) is 4.59. The lowest BCUT2D eigenvalue weighted by Gasteiger charge is -2.43. The van der Waals surface area contributed by atoms with Crippen LogP contribution >= 0.6 is 0 Å². The minimum atomic E-state index is -0.652. The summed E-state index contributed by atoms with van der Waals surface area (Å²) in [5.41, 5.74) is -0.467. The molecule has 0 heterocycles. The highest BCUT2D eigenvalue weighted by Gasteiger charge is 2.83. The zero-order chi connectivity index (χ0) is 14.8. The van der Waals surface area contributed by atoms with E-state index >= 15 is 0 Å². The third kappa shape index (κ3) is 1.75. The van der Waals surface area contributed by atoms with Crippen LogP contribution in [0, 0.1) is 16.7 Å². The maximum absolute atomic E-state index is 11.7. The van der Waals surface area contributed by atoms with E-state index in [1.165, 1.54) is 0 Å². The van der Waals surface area contributed by atoms with Crippen LogP contribution in [0.4, 0.5) is 4.79 Å². The number of fused-ring (bicyclic) bond motifs is 1. The molecule has 0 bridgehead atoms. The van der Waals surface area contributed by atoms with Gasteiger partial charge in [-0.25, -0.2) is 4.79 Å². The summed E-state index contributed by atoms with van der Waals surface area (Å²) in [6, 6.07) is 0.0756. The van der Waals surface area contributed by atoms with E-state index in [1.54, 1.807) is 0 Å². The Kier molecular flexibility index (Phi) is 2.67. The maximum atomic E-state index is 11.7. The molecule has 0 radical (unpaired) electrons. The molecule has 3 fully saturated rings. The first kappa shape index (κ1) is 13.7. The normalized spacial score (nSPS) is 37.0. The van der Waals surface area contributed by atoms with Gasteiger partial charge < -0.3 is 15.2 Å². The van der Waals surface area contributed by atoms with Gasteiger partial charge in [0.05, 0.1) is 5.92 Å². The molecular weight excluding hydrogens is 258 g/mol. The summed E-state index contributed by atoms with van der Waals surface area (Å²) in [5, 5.41) is 12.2. The summed E-state index contributed by atoms with van der Waals surface area (Å²) in [4.78, 5) is 23.1. The Balaban J connectivity index is 1.54. The summed E-state index contributed by atoms with van der Waals surface area (Å²) < 4.78 is 5.23. The third-order valence-electron chi connectivity index (χ3n) is 5.45. The lowest BCUT2D eigenvalue weighted by Crippen LogP contribution is -2.49. The van der Waals surface area contributed by atoms with Gasteiger partial charge in [-0.05, 0) is 57.3 Å². The van der Waals surface area contributed by atoms with Gasteiger partial charge in [0.15, 0.2) is 0 Å². The predicted molar refractivity (Wildman–Crippen MR) is 72.2 cm³/mol. The molecule has 2 spiro atoms. The molecule has 1 amide bonds. The molecule has 20 heavy (non-hydrogen) atoms. The van der Waals surface area contributed by atoms with Crippen LogP contribution in [0.5, 0.6) is 0 Å². The van der Waals surface area contributed by atoms with Crippen LogP contribution in [0.25, 0.3) is 0 Å². The van der Waals surface area contributed by atoms with Gasteiger partial charge >= 0.3 is 12.1 Å². The summed E-state index contributed by atoms with van der Waals surface area (Å²) in [5.74, 6) is -0.833. The fraction of sp³-hybridized carbons (Fsp3) is 0.867. The Morgan fingerprint density at radius 2 is 1.80 bits per heavy atom. The van der Waals surface area contributed by atoms with Crippen LogP contribution in [0.3, 0.4) is 0 Å². The second-order valence-corrected chi connectivity index (χ2v) is 7.69. The second-order valence-electron chi connectivity index (χ2n) is 7.69. The van der Waals surface area contributed by atoms with E-state index in [9.17, 15) is 14.7 Å². The molecule has 3 aliphatic carbocycles. The number of rotatable bonds is 2. The largest absolute Gasteiger partial charge is 0.481 e. The van der Waals surface area contributed by atoms with Crippen molar-refractivity contribution in [1.82, 2.24) is 5.32 Å². The number of hydrogen-bond acceptors (Lipinski definition) is 3. The smallest absolute Gasteiger partial charge is 0.407 e. The van der Waals surface area contributed by atoms with Crippen LogP contribution in [0.15, 0.2) is 0 Å². The molecule has 3 rings (SSSR count). The Labute approximate surface area is 119 Å². The minimum absolute atomic E-state index is 0.0310.